The SMILES string of the molecule is O=C(CSc1nnc(NCc2ccccc2)s1)Nc1ccccc1. The first-order valence-corrected chi connectivity index (χ1v) is 9.19. The van der Waals surface area contributed by atoms with Crippen LogP contribution in [-0.4, -0.2) is 21.9 Å². The van der Waals surface area contributed by atoms with Crippen LogP contribution in [0.2, 0.25) is 0 Å². The van der Waals surface area contributed by atoms with Crippen molar-refractivity contribution in [2.45, 2.75) is 10.9 Å². The minimum atomic E-state index is -0.0554. The van der Waals surface area contributed by atoms with Crippen LogP contribution in [0.4, 0.5) is 10.8 Å². The largest absolute Gasteiger partial charge is 0.356 e. The van der Waals surface area contributed by atoms with Gasteiger partial charge in [0.05, 0.1) is 5.75 Å². The van der Waals surface area contributed by atoms with Crippen molar-refractivity contribution in [3.63, 3.8) is 0 Å². The number of nitrogens with zero attached hydrogens (tertiary/aromatic N) is 2. The fourth-order valence-electron chi connectivity index (χ4n) is 1.96. The molecule has 0 radical (unpaired) electrons. The standard InChI is InChI=1S/C17H16N4OS2/c22-15(19-14-9-5-2-6-10-14)12-23-17-21-20-16(24-17)18-11-13-7-3-1-4-8-13/h1-10H,11-12H2,(H,18,20)(H,19,22). The first-order chi connectivity index (χ1) is 11.8. The third-order valence-electron chi connectivity index (χ3n) is 3.08. The monoisotopic (exact) mass is 356 g/mol. The fourth-order valence-corrected chi connectivity index (χ4v) is 3.51. The molecule has 0 atom stereocenters. The number of hydrogen-bond donors (Lipinski definition) is 2. The summed E-state index contributed by atoms with van der Waals surface area (Å²) in [5.41, 5.74) is 1.98. The van der Waals surface area contributed by atoms with E-state index in [0.29, 0.717) is 12.3 Å². The predicted octanol–water partition coefficient (Wildman–Crippen LogP) is 3.88. The normalized spacial score (nSPS) is 10.3. The molecule has 0 aliphatic carbocycles. The summed E-state index contributed by atoms with van der Waals surface area (Å²) in [5, 5.41) is 15.0. The molecule has 3 rings (SSSR count). The highest BCUT2D eigenvalue weighted by atomic mass is 32.2. The van der Waals surface area contributed by atoms with Crippen LogP contribution in [-0.2, 0) is 11.3 Å². The van der Waals surface area contributed by atoms with Crippen molar-refractivity contribution in [2.75, 3.05) is 16.4 Å². The van der Waals surface area contributed by atoms with E-state index in [-0.39, 0.29) is 5.91 Å². The zero-order valence-corrected chi connectivity index (χ0v) is 14.4. The summed E-state index contributed by atoms with van der Waals surface area (Å²) < 4.78 is 0.772. The van der Waals surface area contributed by atoms with Crippen LogP contribution in [0, 0.1) is 0 Å². The molecule has 0 fully saturated rings. The lowest BCUT2D eigenvalue weighted by Crippen LogP contribution is -2.13. The van der Waals surface area contributed by atoms with E-state index in [9.17, 15) is 4.79 Å². The second kappa shape index (κ2) is 8.47. The molecule has 122 valence electrons. The van der Waals surface area contributed by atoms with E-state index < -0.39 is 0 Å². The van der Waals surface area contributed by atoms with Crippen molar-refractivity contribution in [2.24, 2.45) is 0 Å². The van der Waals surface area contributed by atoms with E-state index in [2.05, 4.69) is 33.0 Å². The maximum atomic E-state index is 11.9. The molecule has 1 amide bonds. The summed E-state index contributed by atoms with van der Waals surface area (Å²) in [4.78, 5) is 11.9. The van der Waals surface area contributed by atoms with Gasteiger partial charge in [-0.25, -0.2) is 0 Å². The Morgan fingerprint density at radius 2 is 1.71 bits per heavy atom. The van der Waals surface area contributed by atoms with Crippen molar-refractivity contribution in [3.05, 3.63) is 66.2 Å². The second-order valence-corrected chi connectivity index (χ2v) is 7.12. The Hall–Kier alpha value is -2.38. The molecule has 1 heterocycles. The Bertz CT molecular complexity index is 778. The van der Waals surface area contributed by atoms with Crippen LogP contribution >= 0.6 is 23.1 Å². The summed E-state index contributed by atoms with van der Waals surface area (Å²) in [6.07, 6.45) is 0. The average molecular weight is 356 g/mol. The van der Waals surface area contributed by atoms with E-state index >= 15 is 0 Å². The highest BCUT2D eigenvalue weighted by Gasteiger charge is 2.08. The lowest BCUT2D eigenvalue weighted by Gasteiger charge is -2.03. The lowest BCUT2D eigenvalue weighted by molar-refractivity contribution is -0.113. The van der Waals surface area contributed by atoms with Gasteiger partial charge in [0.25, 0.3) is 0 Å². The van der Waals surface area contributed by atoms with E-state index in [1.54, 1.807) is 0 Å². The maximum absolute atomic E-state index is 11.9. The van der Waals surface area contributed by atoms with Crippen molar-refractivity contribution < 1.29 is 4.79 Å². The van der Waals surface area contributed by atoms with E-state index in [4.69, 9.17) is 0 Å². The molecule has 0 spiro atoms. The van der Waals surface area contributed by atoms with Crippen LogP contribution in [0.15, 0.2) is 65.0 Å². The van der Waals surface area contributed by atoms with Gasteiger partial charge in [0.15, 0.2) is 4.34 Å². The summed E-state index contributed by atoms with van der Waals surface area (Å²) in [5.74, 6) is 0.252. The summed E-state index contributed by atoms with van der Waals surface area (Å²) in [6, 6.07) is 19.5. The van der Waals surface area contributed by atoms with Gasteiger partial charge in [-0.15, -0.1) is 10.2 Å². The Balaban J connectivity index is 1.45. The van der Waals surface area contributed by atoms with Crippen LogP contribution in [0.3, 0.4) is 0 Å². The minimum Gasteiger partial charge on any atom is -0.356 e. The molecule has 0 aliphatic heterocycles. The summed E-state index contributed by atoms with van der Waals surface area (Å²) in [6.45, 7) is 0.703. The number of nitrogens with one attached hydrogen (secondary N) is 2. The molecule has 0 saturated heterocycles. The molecule has 5 nitrogen and oxygen atoms in total. The number of benzene rings is 2. The molecule has 0 aliphatic rings. The molecule has 3 aromatic rings. The van der Waals surface area contributed by atoms with Gasteiger partial charge in [-0.1, -0.05) is 71.6 Å². The molecular weight excluding hydrogens is 340 g/mol. The third kappa shape index (κ3) is 5.07. The van der Waals surface area contributed by atoms with Gasteiger partial charge >= 0.3 is 0 Å². The highest BCUT2D eigenvalue weighted by molar-refractivity contribution is 8.01. The van der Waals surface area contributed by atoms with Gasteiger partial charge in [0, 0.05) is 12.2 Å². The van der Waals surface area contributed by atoms with Crippen molar-refractivity contribution in [1.82, 2.24) is 10.2 Å². The lowest BCUT2D eigenvalue weighted by atomic mass is 10.2. The topological polar surface area (TPSA) is 66.9 Å². The Kier molecular flexibility index (Phi) is 5.81. The molecule has 7 heteroatoms. The number of carbonyl (C=O) groups excluding carboxylic acids is 1. The zero-order chi connectivity index (χ0) is 16.6. The molecule has 2 aromatic carbocycles. The molecule has 0 bridgehead atoms. The summed E-state index contributed by atoms with van der Waals surface area (Å²) in [7, 11) is 0. The first-order valence-electron chi connectivity index (χ1n) is 7.38. The van der Waals surface area contributed by atoms with E-state index in [1.807, 2.05) is 48.5 Å². The van der Waals surface area contributed by atoms with Gasteiger partial charge in [0.2, 0.25) is 11.0 Å². The van der Waals surface area contributed by atoms with Crippen molar-refractivity contribution in [3.8, 4) is 0 Å². The molecule has 2 N–H and O–H groups in total. The smallest absolute Gasteiger partial charge is 0.234 e. The van der Waals surface area contributed by atoms with E-state index in [1.165, 1.54) is 28.7 Å². The molecule has 0 unspecified atom stereocenters. The van der Waals surface area contributed by atoms with E-state index in [0.717, 1.165) is 15.2 Å². The fraction of sp³-hybridized carbons (Fsp3) is 0.118. The van der Waals surface area contributed by atoms with Gasteiger partial charge in [-0.3, -0.25) is 4.79 Å². The summed E-state index contributed by atoms with van der Waals surface area (Å²) >= 11 is 2.83. The number of para-hydroxylation sites is 1. The predicted molar refractivity (Wildman–Crippen MR) is 99.5 cm³/mol. The number of amides is 1. The Morgan fingerprint density at radius 3 is 2.46 bits per heavy atom. The Morgan fingerprint density at radius 1 is 1.00 bits per heavy atom. The number of hydrogen-bond acceptors (Lipinski definition) is 6. The van der Waals surface area contributed by atoms with Crippen LogP contribution < -0.4 is 10.6 Å². The minimum absolute atomic E-state index is 0.0554. The molecule has 1 aromatic heterocycles. The maximum Gasteiger partial charge on any atom is 0.234 e. The molecule has 0 saturated carbocycles. The van der Waals surface area contributed by atoms with Crippen LogP contribution in [0.5, 0.6) is 0 Å². The van der Waals surface area contributed by atoms with Gasteiger partial charge in [-0.05, 0) is 17.7 Å². The Labute approximate surface area is 148 Å². The molecular formula is C17H16N4OS2. The third-order valence-corrected chi connectivity index (χ3v) is 5.09. The van der Waals surface area contributed by atoms with Gasteiger partial charge in [0.1, 0.15) is 0 Å². The van der Waals surface area contributed by atoms with Gasteiger partial charge in [-0.2, -0.15) is 0 Å². The van der Waals surface area contributed by atoms with Crippen molar-refractivity contribution >= 4 is 39.8 Å². The number of carbonyl (C=O) groups is 1. The van der Waals surface area contributed by atoms with Crippen LogP contribution in [0.1, 0.15) is 5.56 Å². The van der Waals surface area contributed by atoms with Crippen LogP contribution in [0.25, 0.3) is 0 Å². The number of rotatable bonds is 7. The second-order valence-electron chi connectivity index (χ2n) is 4.92. The first kappa shape index (κ1) is 16.5. The number of anilines is 2. The van der Waals surface area contributed by atoms with Crippen molar-refractivity contribution in [1.29, 1.82) is 0 Å². The average Bonchev–Trinajstić information content (AvgIpc) is 3.08. The number of thioether (sulfide) groups is 1. The highest BCUT2D eigenvalue weighted by Crippen LogP contribution is 2.25. The van der Waals surface area contributed by atoms with Gasteiger partial charge < -0.3 is 10.6 Å². The zero-order valence-electron chi connectivity index (χ0n) is 12.8. The quantitative estimate of drug-likeness (QED) is 0.629. The number of aromatic nitrogens is 2. The molecule has 24 heavy (non-hydrogen) atoms.